The van der Waals surface area contributed by atoms with Crippen LogP contribution in [0, 0.1) is 17.6 Å². The standard InChI is InChI=1S/C17H18F2N6/c1-10(2)3-6-14-23-17(15-16(20)22-8-7-21-15)25(24-14)13-9-11(18)4-5-12(13)19/h4-5,7-10H,3,6H2,1-2H3,(H2,20,22). The van der Waals surface area contributed by atoms with Gasteiger partial charge in [-0.2, -0.15) is 5.10 Å². The Labute approximate surface area is 143 Å². The Morgan fingerprint density at radius 2 is 1.92 bits per heavy atom. The molecule has 0 atom stereocenters. The summed E-state index contributed by atoms with van der Waals surface area (Å²) >= 11 is 0. The molecule has 3 aromatic rings. The minimum atomic E-state index is -0.620. The Bertz CT molecular complexity index is 891. The van der Waals surface area contributed by atoms with Gasteiger partial charge >= 0.3 is 0 Å². The minimum absolute atomic E-state index is 0.0525. The van der Waals surface area contributed by atoms with Gasteiger partial charge in [0.15, 0.2) is 17.5 Å². The minimum Gasteiger partial charge on any atom is -0.382 e. The summed E-state index contributed by atoms with van der Waals surface area (Å²) in [5.41, 5.74) is 6.10. The maximum Gasteiger partial charge on any atom is 0.185 e. The van der Waals surface area contributed by atoms with Gasteiger partial charge in [0.25, 0.3) is 0 Å². The van der Waals surface area contributed by atoms with Crippen LogP contribution in [-0.4, -0.2) is 24.7 Å². The van der Waals surface area contributed by atoms with Crippen LogP contribution in [0.2, 0.25) is 0 Å². The van der Waals surface area contributed by atoms with Crippen LogP contribution in [0.1, 0.15) is 26.1 Å². The number of nitrogens with zero attached hydrogens (tertiary/aromatic N) is 5. The van der Waals surface area contributed by atoms with Crippen LogP contribution < -0.4 is 5.73 Å². The summed E-state index contributed by atoms with van der Waals surface area (Å²) in [5.74, 6) is 0.150. The summed E-state index contributed by atoms with van der Waals surface area (Å²) < 4.78 is 29.1. The van der Waals surface area contributed by atoms with Crippen molar-refractivity contribution in [3.63, 3.8) is 0 Å². The zero-order chi connectivity index (χ0) is 18.0. The lowest BCUT2D eigenvalue weighted by molar-refractivity contribution is 0.569. The third kappa shape index (κ3) is 3.62. The lowest BCUT2D eigenvalue weighted by atomic mass is 10.1. The third-order valence-corrected chi connectivity index (χ3v) is 3.67. The van der Waals surface area contributed by atoms with Gasteiger partial charge in [0.1, 0.15) is 23.0 Å². The molecule has 8 heteroatoms. The zero-order valence-electron chi connectivity index (χ0n) is 13.9. The molecule has 0 aliphatic rings. The zero-order valence-corrected chi connectivity index (χ0v) is 13.9. The molecule has 0 bridgehead atoms. The fraction of sp³-hybridized carbons (Fsp3) is 0.294. The molecule has 25 heavy (non-hydrogen) atoms. The molecule has 0 radical (unpaired) electrons. The van der Waals surface area contributed by atoms with E-state index in [1.807, 2.05) is 0 Å². The maximum atomic E-state index is 14.3. The van der Waals surface area contributed by atoms with Crippen molar-refractivity contribution >= 4 is 5.82 Å². The van der Waals surface area contributed by atoms with Crippen LogP contribution in [0.25, 0.3) is 17.2 Å². The van der Waals surface area contributed by atoms with E-state index in [4.69, 9.17) is 5.73 Å². The van der Waals surface area contributed by atoms with E-state index in [0.29, 0.717) is 18.2 Å². The van der Waals surface area contributed by atoms with Crippen molar-refractivity contribution in [2.75, 3.05) is 5.73 Å². The highest BCUT2D eigenvalue weighted by Crippen LogP contribution is 2.25. The second kappa shape index (κ2) is 6.92. The van der Waals surface area contributed by atoms with E-state index >= 15 is 0 Å². The van der Waals surface area contributed by atoms with E-state index in [0.717, 1.165) is 24.6 Å². The smallest absolute Gasteiger partial charge is 0.185 e. The van der Waals surface area contributed by atoms with Gasteiger partial charge in [0.05, 0.1) is 0 Å². The molecular formula is C17H18F2N6. The van der Waals surface area contributed by atoms with Crippen LogP contribution in [0.15, 0.2) is 30.6 Å². The number of aryl methyl sites for hydroxylation is 1. The molecular weight excluding hydrogens is 326 g/mol. The molecule has 1 aromatic carbocycles. The van der Waals surface area contributed by atoms with E-state index in [1.165, 1.54) is 17.1 Å². The van der Waals surface area contributed by atoms with Crippen molar-refractivity contribution < 1.29 is 8.78 Å². The van der Waals surface area contributed by atoms with Gasteiger partial charge in [-0.1, -0.05) is 13.8 Å². The lowest BCUT2D eigenvalue weighted by Gasteiger charge is -2.07. The van der Waals surface area contributed by atoms with Crippen molar-refractivity contribution in [1.82, 2.24) is 24.7 Å². The SMILES string of the molecule is CC(C)CCc1nc(-c2nccnc2N)n(-c2cc(F)ccc2F)n1. The Hall–Kier alpha value is -2.90. The second-order valence-corrected chi connectivity index (χ2v) is 6.08. The van der Waals surface area contributed by atoms with E-state index in [2.05, 4.69) is 33.9 Å². The van der Waals surface area contributed by atoms with Crippen molar-refractivity contribution in [1.29, 1.82) is 0 Å². The molecule has 0 aliphatic heterocycles. The molecule has 0 saturated heterocycles. The van der Waals surface area contributed by atoms with E-state index < -0.39 is 11.6 Å². The molecule has 0 unspecified atom stereocenters. The first-order chi connectivity index (χ1) is 12.0. The first-order valence-corrected chi connectivity index (χ1v) is 7.94. The van der Waals surface area contributed by atoms with Gasteiger partial charge in [0, 0.05) is 24.9 Å². The second-order valence-electron chi connectivity index (χ2n) is 6.08. The molecule has 6 nitrogen and oxygen atoms in total. The Balaban J connectivity index is 2.15. The van der Waals surface area contributed by atoms with Gasteiger partial charge in [0.2, 0.25) is 0 Å². The number of nitrogens with two attached hydrogens (primary N) is 1. The Morgan fingerprint density at radius 1 is 1.16 bits per heavy atom. The number of hydrogen-bond donors (Lipinski definition) is 1. The number of anilines is 1. The van der Waals surface area contributed by atoms with Crippen LogP contribution in [0.3, 0.4) is 0 Å². The third-order valence-electron chi connectivity index (χ3n) is 3.67. The fourth-order valence-electron chi connectivity index (χ4n) is 2.37. The molecule has 3 rings (SSSR count). The van der Waals surface area contributed by atoms with Gasteiger partial charge in [-0.05, 0) is 24.5 Å². The summed E-state index contributed by atoms with van der Waals surface area (Å²) in [4.78, 5) is 12.6. The topological polar surface area (TPSA) is 82.5 Å². The highest BCUT2D eigenvalue weighted by molar-refractivity contribution is 5.65. The molecule has 2 aromatic heterocycles. The summed E-state index contributed by atoms with van der Waals surface area (Å²) in [5, 5.41) is 4.35. The predicted octanol–water partition coefficient (Wildman–Crippen LogP) is 3.17. The van der Waals surface area contributed by atoms with E-state index in [-0.39, 0.29) is 23.0 Å². The average Bonchev–Trinajstić information content (AvgIpc) is 2.99. The average molecular weight is 344 g/mol. The summed E-state index contributed by atoms with van der Waals surface area (Å²) in [6.45, 7) is 4.18. The van der Waals surface area contributed by atoms with Crippen LogP contribution in [0.5, 0.6) is 0 Å². The quantitative estimate of drug-likeness (QED) is 0.769. The summed E-state index contributed by atoms with van der Waals surface area (Å²) in [6, 6.07) is 3.15. The van der Waals surface area contributed by atoms with Crippen LogP contribution >= 0.6 is 0 Å². The van der Waals surface area contributed by atoms with Crippen LogP contribution in [0.4, 0.5) is 14.6 Å². The Kier molecular flexibility index (Phi) is 4.69. The summed E-state index contributed by atoms with van der Waals surface area (Å²) in [6.07, 6.45) is 4.38. The normalized spacial score (nSPS) is 11.2. The number of hydrogen-bond acceptors (Lipinski definition) is 5. The van der Waals surface area contributed by atoms with Gasteiger partial charge in [-0.25, -0.2) is 28.4 Å². The maximum absolute atomic E-state index is 14.3. The monoisotopic (exact) mass is 344 g/mol. The van der Waals surface area contributed by atoms with Crippen molar-refractivity contribution in [2.45, 2.75) is 26.7 Å². The van der Waals surface area contributed by atoms with Crippen molar-refractivity contribution in [2.24, 2.45) is 5.92 Å². The first-order valence-electron chi connectivity index (χ1n) is 7.94. The fourth-order valence-corrected chi connectivity index (χ4v) is 2.37. The van der Waals surface area contributed by atoms with Gasteiger partial charge in [-0.15, -0.1) is 0 Å². The van der Waals surface area contributed by atoms with E-state index in [9.17, 15) is 8.78 Å². The van der Waals surface area contributed by atoms with Crippen molar-refractivity contribution in [3.05, 3.63) is 48.1 Å². The molecule has 0 aliphatic carbocycles. The number of halogens is 2. The van der Waals surface area contributed by atoms with Gasteiger partial charge in [-0.3, -0.25) is 0 Å². The predicted molar refractivity (Wildman–Crippen MR) is 89.9 cm³/mol. The Morgan fingerprint density at radius 3 is 2.64 bits per heavy atom. The lowest BCUT2D eigenvalue weighted by Crippen LogP contribution is -2.06. The molecule has 0 amide bonds. The number of rotatable bonds is 5. The number of benzene rings is 1. The number of nitrogen functional groups attached to an aromatic ring is 1. The first kappa shape index (κ1) is 16.9. The molecule has 2 heterocycles. The highest BCUT2D eigenvalue weighted by Gasteiger charge is 2.20. The molecule has 130 valence electrons. The molecule has 0 saturated carbocycles. The number of aromatic nitrogens is 5. The van der Waals surface area contributed by atoms with Crippen LogP contribution in [-0.2, 0) is 6.42 Å². The largest absolute Gasteiger partial charge is 0.382 e. The van der Waals surface area contributed by atoms with E-state index in [1.54, 1.807) is 0 Å². The molecule has 2 N–H and O–H groups in total. The van der Waals surface area contributed by atoms with Gasteiger partial charge < -0.3 is 5.73 Å². The van der Waals surface area contributed by atoms with Crippen molar-refractivity contribution in [3.8, 4) is 17.2 Å². The molecule has 0 spiro atoms. The highest BCUT2D eigenvalue weighted by atomic mass is 19.1. The molecule has 0 fully saturated rings. The summed E-state index contributed by atoms with van der Waals surface area (Å²) in [7, 11) is 0.